The fourth-order valence-corrected chi connectivity index (χ4v) is 8.89. The molecule has 0 spiro atoms. The van der Waals surface area contributed by atoms with Crippen molar-refractivity contribution in [1.29, 1.82) is 0 Å². The highest BCUT2D eigenvalue weighted by atomic mass is 16.3. The van der Waals surface area contributed by atoms with E-state index < -0.39 is 12.1 Å². The van der Waals surface area contributed by atoms with E-state index in [0.717, 1.165) is 51.4 Å². The zero-order valence-electron chi connectivity index (χ0n) is 43.3. The van der Waals surface area contributed by atoms with Gasteiger partial charge in [0.2, 0.25) is 5.91 Å². The maximum Gasteiger partial charge on any atom is 0.220 e. The van der Waals surface area contributed by atoms with Gasteiger partial charge in [0.05, 0.1) is 18.8 Å². The smallest absolute Gasteiger partial charge is 0.220 e. The number of hydrogen-bond donors (Lipinski definition) is 3. The summed E-state index contributed by atoms with van der Waals surface area (Å²) in [5.41, 5.74) is 0. The molecule has 0 fully saturated rings. The quantitative estimate of drug-likeness (QED) is 0.0421. The van der Waals surface area contributed by atoms with Crippen LogP contribution >= 0.6 is 0 Å². The largest absolute Gasteiger partial charge is 0.394 e. The lowest BCUT2D eigenvalue weighted by Crippen LogP contribution is -2.45. The Bertz CT molecular complexity index is 1020. The molecule has 0 saturated heterocycles. The van der Waals surface area contributed by atoms with Crippen LogP contribution in [0.2, 0.25) is 0 Å². The zero-order valence-corrected chi connectivity index (χ0v) is 43.3. The molecule has 1 amide bonds. The second-order valence-corrected chi connectivity index (χ2v) is 19.7. The highest BCUT2D eigenvalue weighted by Gasteiger charge is 2.18. The van der Waals surface area contributed by atoms with Gasteiger partial charge in [-0.1, -0.05) is 294 Å². The summed E-state index contributed by atoms with van der Waals surface area (Å²) in [5.74, 6) is -0.0737. The normalized spacial score (nSPS) is 13.1. The molecule has 0 radical (unpaired) electrons. The van der Waals surface area contributed by atoms with Crippen molar-refractivity contribution in [3.8, 4) is 0 Å². The minimum atomic E-state index is -0.848. The first kappa shape index (κ1) is 62.4. The van der Waals surface area contributed by atoms with E-state index in [4.69, 9.17) is 0 Å². The van der Waals surface area contributed by atoms with Crippen molar-refractivity contribution >= 4 is 5.91 Å². The number of carbonyl (C=O) groups is 1. The first-order chi connectivity index (χ1) is 31.7. The molecule has 2 atom stereocenters. The average molecular weight is 897 g/mol. The Morgan fingerprint density at radius 3 is 0.953 bits per heavy atom. The van der Waals surface area contributed by atoms with Crippen LogP contribution in [0.5, 0.6) is 0 Å². The molecule has 4 nitrogen and oxygen atoms in total. The van der Waals surface area contributed by atoms with Gasteiger partial charge in [0.25, 0.3) is 0 Å². The predicted molar refractivity (Wildman–Crippen MR) is 285 cm³/mol. The highest BCUT2D eigenvalue weighted by Crippen LogP contribution is 2.17. The molecule has 0 heterocycles. The average Bonchev–Trinajstić information content (AvgIpc) is 3.30. The SMILES string of the molecule is CCCCCCC/C=C\C/C=C\C/C=C\CCCCCCCCC(=O)NC(CO)C(O)/C=C/CCCCCCCCCCCCCCCCCCCCCCCCCCCCCCC. The summed E-state index contributed by atoms with van der Waals surface area (Å²) in [6.07, 6.45) is 77.1. The molecular weight excluding hydrogens is 783 g/mol. The maximum atomic E-state index is 12.5. The van der Waals surface area contributed by atoms with Crippen molar-refractivity contribution in [3.05, 3.63) is 48.6 Å². The number of rotatable bonds is 53. The van der Waals surface area contributed by atoms with Crippen LogP contribution in [0.25, 0.3) is 0 Å². The Labute approximate surface area is 401 Å². The molecule has 0 saturated carbocycles. The number of allylic oxidation sites excluding steroid dienone is 7. The van der Waals surface area contributed by atoms with E-state index in [1.807, 2.05) is 6.08 Å². The molecule has 3 N–H and O–H groups in total. The predicted octanol–water partition coefficient (Wildman–Crippen LogP) is 19.0. The first-order valence-corrected chi connectivity index (χ1v) is 28.9. The number of nitrogens with one attached hydrogen (secondary N) is 1. The van der Waals surface area contributed by atoms with Crippen molar-refractivity contribution in [2.45, 2.75) is 321 Å². The molecule has 0 aliphatic carbocycles. The van der Waals surface area contributed by atoms with Crippen LogP contribution < -0.4 is 5.32 Å². The summed E-state index contributed by atoms with van der Waals surface area (Å²) >= 11 is 0. The molecule has 4 heteroatoms. The van der Waals surface area contributed by atoms with Gasteiger partial charge in [0.15, 0.2) is 0 Å². The van der Waals surface area contributed by atoms with Gasteiger partial charge in [0, 0.05) is 6.42 Å². The van der Waals surface area contributed by atoms with E-state index in [1.165, 1.54) is 238 Å². The van der Waals surface area contributed by atoms with Crippen molar-refractivity contribution in [1.82, 2.24) is 5.32 Å². The van der Waals surface area contributed by atoms with Crippen LogP contribution in [0.15, 0.2) is 48.6 Å². The molecular formula is C60H113NO3. The molecule has 2 unspecified atom stereocenters. The topological polar surface area (TPSA) is 69.6 Å². The number of hydrogen-bond acceptors (Lipinski definition) is 3. The van der Waals surface area contributed by atoms with Crippen molar-refractivity contribution in [2.24, 2.45) is 0 Å². The Balaban J connectivity index is 3.49. The van der Waals surface area contributed by atoms with Crippen LogP contribution in [-0.4, -0.2) is 34.9 Å². The summed E-state index contributed by atoms with van der Waals surface area (Å²) in [5, 5.41) is 23.2. The van der Waals surface area contributed by atoms with Gasteiger partial charge in [-0.2, -0.15) is 0 Å². The first-order valence-electron chi connectivity index (χ1n) is 28.9. The van der Waals surface area contributed by atoms with Gasteiger partial charge in [-0.05, 0) is 57.8 Å². The van der Waals surface area contributed by atoms with Gasteiger partial charge < -0.3 is 15.5 Å². The maximum absolute atomic E-state index is 12.5. The summed E-state index contributed by atoms with van der Waals surface area (Å²) in [4.78, 5) is 12.5. The molecule has 376 valence electrons. The van der Waals surface area contributed by atoms with E-state index in [1.54, 1.807) is 6.08 Å². The van der Waals surface area contributed by atoms with Crippen molar-refractivity contribution in [2.75, 3.05) is 6.61 Å². The number of aliphatic hydroxyl groups is 2. The minimum Gasteiger partial charge on any atom is -0.394 e. The van der Waals surface area contributed by atoms with E-state index in [9.17, 15) is 15.0 Å². The Hall–Kier alpha value is -1.65. The van der Waals surface area contributed by atoms with E-state index >= 15 is 0 Å². The van der Waals surface area contributed by atoms with Crippen LogP contribution in [-0.2, 0) is 4.79 Å². The standard InChI is InChI=1S/C60H113NO3/c1-3-5-7-9-11-13-15-17-19-21-23-25-26-27-28-29-30-31-32-33-34-36-37-39-41-43-45-47-49-51-53-55-59(63)58(57-62)61-60(64)56-54-52-50-48-46-44-42-40-38-35-24-22-20-18-16-14-12-10-8-6-4-2/h16,18,22,24,38,40,53,55,58-59,62-63H,3-15,17,19-21,23,25-37,39,41-52,54,56-57H2,1-2H3,(H,61,64)/b18-16-,24-22-,40-38-,55-53+. The Morgan fingerprint density at radius 2 is 0.641 bits per heavy atom. The molecule has 0 bridgehead atoms. The number of aliphatic hydroxyl groups excluding tert-OH is 2. The summed E-state index contributed by atoms with van der Waals surface area (Å²) < 4.78 is 0. The van der Waals surface area contributed by atoms with E-state index in [-0.39, 0.29) is 12.5 Å². The molecule has 0 aromatic rings. The third-order valence-corrected chi connectivity index (χ3v) is 13.3. The van der Waals surface area contributed by atoms with Gasteiger partial charge in [-0.15, -0.1) is 0 Å². The fraction of sp³-hybridized carbons (Fsp3) is 0.850. The van der Waals surface area contributed by atoms with Gasteiger partial charge in [-0.3, -0.25) is 4.79 Å². The second-order valence-electron chi connectivity index (χ2n) is 19.7. The van der Waals surface area contributed by atoms with E-state index in [0.29, 0.717) is 6.42 Å². The lowest BCUT2D eigenvalue weighted by Gasteiger charge is -2.20. The lowest BCUT2D eigenvalue weighted by atomic mass is 10.0. The third kappa shape index (κ3) is 51.3. The van der Waals surface area contributed by atoms with Crippen LogP contribution in [0, 0.1) is 0 Å². The van der Waals surface area contributed by atoms with Crippen LogP contribution in [0.4, 0.5) is 0 Å². The molecule has 0 aliphatic rings. The second kappa shape index (κ2) is 55.7. The molecule has 0 rings (SSSR count). The van der Waals surface area contributed by atoms with Gasteiger partial charge >= 0.3 is 0 Å². The fourth-order valence-electron chi connectivity index (χ4n) is 8.89. The van der Waals surface area contributed by atoms with Crippen LogP contribution in [0.3, 0.4) is 0 Å². The third-order valence-electron chi connectivity index (χ3n) is 13.3. The van der Waals surface area contributed by atoms with Gasteiger partial charge in [0.1, 0.15) is 0 Å². The highest BCUT2D eigenvalue weighted by molar-refractivity contribution is 5.76. The molecule has 0 aromatic carbocycles. The number of carbonyl (C=O) groups excluding carboxylic acids is 1. The Kier molecular flexibility index (Phi) is 54.2. The monoisotopic (exact) mass is 896 g/mol. The molecule has 64 heavy (non-hydrogen) atoms. The Morgan fingerprint density at radius 1 is 0.375 bits per heavy atom. The minimum absolute atomic E-state index is 0.0737. The zero-order chi connectivity index (χ0) is 46.3. The summed E-state index contributed by atoms with van der Waals surface area (Å²) in [7, 11) is 0. The van der Waals surface area contributed by atoms with Crippen molar-refractivity contribution in [3.63, 3.8) is 0 Å². The lowest BCUT2D eigenvalue weighted by molar-refractivity contribution is -0.123. The summed E-state index contributed by atoms with van der Waals surface area (Å²) in [6, 6.07) is -0.632. The van der Waals surface area contributed by atoms with Crippen LogP contribution in [0.1, 0.15) is 309 Å². The van der Waals surface area contributed by atoms with E-state index in [2.05, 4.69) is 55.6 Å². The molecule has 0 aromatic heterocycles. The number of unbranched alkanes of at least 4 members (excludes halogenated alkanes) is 40. The molecule has 0 aliphatic heterocycles. The van der Waals surface area contributed by atoms with Crippen molar-refractivity contribution < 1.29 is 15.0 Å². The number of amides is 1. The van der Waals surface area contributed by atoms with Gasteiger partial charge in [-0.25, -0.2) is 0 Å². The summed E-state index contributed by atoms with van der Waals surface area (Å²) in [6.45, 7) is 4.32.